The van der Waals surface area contributed by atoms with E-state index in [0.29, 0.717) is 10.0 Å². The lowest BCUT2D eigenvalue weighted by Crippen LogP contribution is -2.19. The fourth-order valence-electron chi connectivity index (χ4n) is 2.58. The second-order valence-corrected chi connectivity index (χ2v) is 6.26. The molecule has 0 aliphatic carbocycles. The summed E-state index contributed by atoms with van der Waals surface area (Å²) in [5.41, 5.74) is 3.23. The Morgan fingerprint density at radius 3 is 2.50 bits per heavy atom. The molecule has 0 radical (unpaired) electrons. The summed E-state index contributed by atoms with van der Waals surface area (Å²) in [6.07, 6.45) is 0.759. The molecule has 0 saturated carbocycles. The molecule has 0 aliphatic rings. The molecular weight excluding hydrogens is 347 g/mol. The highest BCUT2D eigenvalue weighted by Gasteiger charge is 2.19. The van der Waals surface area contributed by atoms with Crippen LogP contribution in [0.5, 0.6) is 0 Å². The van der Waals surface area contributed by atoms with E-state index in [4.69, 9.17) is 28.3 Å². The third-order valence-corrected chi connectivity index (χ3v) is 4.24. The Morgan fingerprint density at radius 1 is 1.08 bits per heavy atom. The van der Waals surface area contributed by atoms with E-state index in [1.165, 1.54) is 0 Å². The molecular formula is C18H16Cl2N2O2. The largest absolute Gasteiger partial charge is 0.394 e. The van der Waals surface area contributed by atoms with E-state index < -0.39 is 6.10 Å². The van der Waals surface area contributed by atoms with Crippen molar-refractivity contribution in [2.45, 2.75) is 12.6 Å². The van der Waals surface area contributed by atoms with Gasteiger partial charge in [0.15, 0.2) is 0 Å². The van der Waals surface area contributed by atoms with Crippen LogP contribution in [0.3, 0.4) is 0 Å². The Labute approximate surface area is 149 Å². The van der Waals surface area contributed by atoms with Crippen molar-refractivity contribution < 1.29 is 10.2 Å². The fourth-order valence-corrected chi connectivity index (χ4v) is 3.07. The summed E-state index contributed by atoms with van der Waals surface area (Å²) in [4.78, 5) is 4.49. The molecule has 1 aromatic heterocycles. The molecule has 0 fully saturated rings. The van der Waals surface area contributed by atoms with Gasteiger partial charge in [0.05, 0.1) is 42.0 Å². The van der Waals surface area contributed by atoms with E-state index in [0.717, 1.165) is 22.5 Å². The summed E-state index contributed by atoms with van der Waals surface area (Å²) in [7, 11) is 0. The number of aliphatic hydroxyl groups excluding tert-OH is 2. The summed E-state index contributed by atoms with van der Waals surface area (Å²) in [5.74, 6) is 0. The quantitative estimate of drug-likeness (QED) is 0.723. The Balaban J connectivity index is 2.17. The molecule has 0 amide bonds. The summed E-state index contributed by atoms with van der Waals surface area (Å²) in [6, 6.07) is 15.0. The smallest absolute Gasteiger partial charge is 0.0963 e. The van der Waals surface area contributed by atoms with Gasteiger partial charge in [0, 0.05) is 16.1 Å². The van der Waals surface area contributed by atoms with E-state index in [2.05, 4.69) is 4.98 Å². The van der Waals surface area contributed by atoms with Crippen molar-refractivity contribution in [2.75, 3.05) is 6.61 Å². The second kappa shape index (κ2) is 7.36. The fraction of sp³-hybridized carbons (Fsp3) is 0.167. The molecule has 3 rings (SSSR count). The lowest BCUT2D eigenvalue weighted by atomic mass is 10.0. The summed E-state index contributed by atoms with van der Waals surface area (Å²) in [6.45, 7) is -0.114. The van der Waals surface area contributed by atoms with Gasteiger partial charge in [0.1, 0.15) is 0 Å². The van der Waals surface area contributed by atoms with Crippen LogP contribution in [0.2, 0.25) is 10.0 Å². The number of hydrogen-bond donors (Lipinski definition) is 2. The molecule has 0 saturated heterocycles. The maximum Gasteiger partial charge on any atom is 0.0963 e. The summed E-state index contributed by atoms with van der Waals surface area (Å²) in [5, 5.41) is 20.0. The van der Waals surface area contributed by atoms with Crippen molar-refractivity contribution >= 4 is 23.2 Å². The van der Waals surface area contributed by atoms with E-state index in [1.54, 1.807) is 23.0 Å². The predicted molar refractivity (Wildman–Crippen MR) is 96.2 cm³/mol. The highest BCUT2D eigenvalue weighted by molar-refractivity contribution is 6.36. The number of rotatable bonds is 5. The summed E-state index contributed by atoms with van der Waals surface area (Å²) >= 11 is 12.4. The van der Waals surface area contributed by atoms with Crippen molar-refractivity contribution in [3.63, 3.8) is 0 Å². The van der Waals surface area contributed by atoms with Crippen LogP contribution in [0.15, 0.2) is 54.9 Å². The number of nitrogens with zero attached hydrogens (tertiary/aromatic N) is 2. The zero-order valence-corrected chi connectivity index (χ0v) is 14.2. The molecule has 0 bridgehead atoms. The molecule has 0 unspecified atom stereocenters. The van der Waals surface area contributed by atoms with Gasteiger partial charge in [-0.2, -0.15) is 0 Å². The number of halogens is 2. The number of imidazole rings is 1. The number of benzene rings is 2. The molecule has 1 heterocycles. The van der Waals surface area contributed by atoms with Gasteiger partial charge < -0.3 is 14.8 Å². The minimum absolute atomic E-state index is 0.213. The minimum atomic E-state index is -0.882. The van der Waals surface area contributed by atoms with Gasteiger partial charge in [0.25, 0.3) is 0 Å². The molecule has 4 nitrogen and oxygen atoms in total. The van der Waals surface area contributed by atoms with Gasteiger partial charge in [0.2, 0.25) is 0 Å². The molecule has 124 valence electrons. The SMILES string of the molecule is OC[C@H](O)Cn1cnc(-c2ccccc2)c1-c1ccc(Cl)cc1Cl. The Kier molecular flexibility index (Phi) is 5.21. The lowest BCUT2D eigenvalue weighted by molar-refractivity contribution is 0.0815. The highest BCUT2D eigenvalue weighted by Crippen LogP contribution is 2.36. The Bertz CT molecular complexity index is 834. The Hall–Kier alpha value is -1.85. The maximum atomic E-state index is 9.82. The molecule has 24 heavy (non-hydrogen) atoms. The van der Waals surface area contributed by atoms with Crippen LogP contribution in [0.4, 0.5) is 0 Å². The molecule has 0 spiro atoms. The highest BCUT2D eigenvalue weighted by atomic mass is 35.5. The molecule has 3 aromatic rings. The van der Waals surface area contributed by atoms with Crippen LogP contribution >= 0.6 is 23.2 Å². The summed E-state index contributed by atoms with van der Waals surface area (Å²) < 4.78 is 1.79. The van der Waals surface area contributed by atoms with Crippen LogP contribution < -0.4 is 0 Å². The zero-order valence-electron chi connectivity index (χ0n) is 12.7. The van der Waals surface area contributed by atoms with Gasteiger partial charge >= 0.3 is 0 Å². The topological polar surface area (TPSA) is 58.3 Å². The average molecular weight is 363 g/mol. The first-order chi connectivity index (χ1) is 11.6. The van der Waals surface area contributed by atoms with E-state index >= 15 is 0 Å². The van der Waals surface area contributed by atoms with Gasteiger partial charge in [-0.1, -0.05) is 53.5 Å². The van der Waals surface area contributed by atoms with Gasteiger partial charge in [-0.15, -0.1) is 0 Å². The van der Waals surface area contributed by atoms with Crippen LogP contribution in [-0.4, -0.2) is 32.5 Å². The molecule has 0 aliphatic heterocycles. The van der Waals surface area contributed by atoms with E-state index in [9.17, 15) is 5.11 Å². The molecule has 1 atom stereocenters. The average Bonchev–Trinajstić information content (AvgIpc) is 2.99. The first kappa shape index (κ1) is 17.0. The van der Waals surface area contributed by atoms with E-state index in [1.807, 2.05) is 36.4 Å². The van der Waals surface area contributed by atoms with Crippen LogP contribution in [-0.2, 0) is 6.54 Å². The molecule has 2 aromatic carbocycles. The molecule has 6 heteroatoms. The van der Waals surface area contributed by atoms with Crippen LogP contribution in [0.1, 0.15) is 0 Å². The van der Waals surface area contributed by atoms with Gasteiger partial charge in [-0.25, -0.2) is 4.98 Å². The number of aliphatic hydroxyl groups is 2. The van der Waals surface area contributed by atoms with Crippen LogP contribution in [0, 0.1) is 0 Å². The van der Waals surface area contributed by atoms with E-state index in [-0.39, 0.29) is 13.2 Å². The number of hydrogen-bond acceptors (Lipinski definition) is 3. The predicted octanol–water partition coefficient (Wildman–Crippen LogP) is 3.88. The molecule has 2 N–H and O–H groups in total. The standard InChI is InChI=1S/C18H16Cl2N2O2/c19-13-6-7-15(16(20)8-13)18-17(12-4-2-1-3-5-12)21-11-22(18)9-14(24)10-23/h1-8,11,14,23-24H,9-10H2/t14-/m1/s1. The normalized spacial score (nSPS) is 12.3. The minimum Gasteiger partial charge on any atom is -0.394 e. The Morgan fingerprint density at radius 2 is 1.83 bits per heavy atom. The van der Waals surface area contributed by atoms with Crippen molar-refractivity contribution in [3.05, 3.63) is 64.9 Å². The third kappa shape index (κ3) is 3.47. The first-order valence-corrected chi connectivity index (χ1v) is 8.20. The first-order valence-electron chi connectivity index (χ1n) is 7.45. The second-order valence-electron chi connectivity index (χ2n) is 5.42. The van der Waals surface area contributed by atoms with Crippen molar-refractivity contribution in [3.8, 4) is 22.5 Å². The number of aromatic nitrogens is 2. The zero-order chi connectivity index (χ0) is 17.1. The third-order valence-electron chi connectivity index (χ3n) is 3.69. The van der Waals surface area contributed by atoms with Gasteiger partial charge in [-0.05, 0) is 18.2 Å². The van der Waals surface area contributed by atoms with Gasteiger partial charge in [-0.3, -0.25) is 0 Å². The lowest BCUT2D eigenvalue weighted by Gasteiger charge is -2.14. The van der Waals surface area contributed by atoms with Crippen molar-refractivity contribution in [1.82, 2.24) is 9.55 Å². The monoisotopic (exact) mass is 362 g/mol. The van der Waals surface area contributed by atoms with Crippen molar-refractivity contribution in [1.29, 1.82) is 0 Å². The van der Waals surface area contributed by atoms with Crippen molar-refractivity contribution in [2.24, 2.45) is 0 Å². The maximum absolute atomic E-state index is 9.82. The van der Waals surface area contributed by atoms with Crippen LogP contribution in [0.25, 0.3) is 22.5 Å².